The van der Waals surface area contributed by atoms with Gasteiger partial charge in [-0.25, -0.2) is 0 Å². The Kier molecular flexibility index (Phi) is 3.04. The fourth-order valence-electron chi connectivity index (χ4n) is 2.26. The van der Waals surface area contributed by atoms with Crippen molar-refractivity contribution in [1.82, 2.24) is 0 Å². The number of carboxylic acid groups (broad SMARTS) is 1. The summed E-state index contributed by atoms with van der Waals surface area (Å²) in [4.78, 5) is 22.3. The van der Waals surface area contributed by atoms with E-state index >= 15 is 0 Å². The first-order valence-corrected chi connectivity index (χ1v) is 5.49. The van der Waals surface area contributed by atoms with E-state index in [0.29, 0.717) is 12.8 Å². The molecule has 0 aromatic heterocycles. The highest BCUT2D eigenvalue weighted by Gasteiger charge is 2.24. The van der Waals surface area contributed by atoms with E-state index in [1.165, 1.54) is 0 Å². The van der Waals surface area contributed by atoms with Gasteiger partial charge < -0.3 is 5.11 Å². The van der Waals surface area contributed by atoms with Crippen LogP contribution in [0.5, 0.6) is 0 Å². The number of fused-ring (bicyclic) bond motifs is 1. The number of hydrogen-bond donors (Lipinski definition) is 1. The second-order valence-corrected chi connectivity index (χ2v) is 4.29. The van der Waals surface area contributed by atoms with Crippen LogP contribution in [0.25, 0.3) is 0 Å². The molecule has 3 nitrogen and oxygen atoms in total. The van der Waals surface area contributed by atoms with Gasteiger partial charge in [0.1, 0.15) is 0 Å². The van der Waals surface area contributed by atoms with Crippen LogP contribution in [0.3, 0.4) is 0 Å². The molecule has 0 spiro atoms. The monoisotopic (exact) mass is 218 g/mol. The van der Waals surface area contributed by atoms with E-state index in [2.05, 4.69) is 0 Å². The van der Waals surface area contributed by atoms with Gasteiger partial charge in [0.05, 0.1) is 0 Å². The summed E-state index contributed by atoms with van der Waals surface area (Å²) >= 11 is 0. The van der Waals surface area contributed by atoms with Crippen molar-refractivity contribution >= 4 is 11.8 Å². The van der Waals surface area contributed by atoms with Gasteiger partial charge in [0.25, 0.3) is 0 Å². The van der Waals surface area contributed by atoms with Crippen molar-refractivity contribution in [2.75, 3.05) is 0 Å². The molecule has 0 bridgehead atoms. The Morgan fingerprint density at radius 1 is 1.31 bits per heavy atom. The van der Waals surface area contributed by atoms with Gasteiger partial charge in [0, 0.05) is 18.4 Å². The van der Waals surface area contributed by atoms with E-state index in [9.17, 15) is 9.59 Å². The van der Waals surface area contributed by atoms with Crippen LogP contribution in [-0.2, 0) is 11.2 Å². The molecule has 1 N–H and O–H groups in total. The zero-order valence-electron chi connectivity index (χ0n) is 8.98. The lowest BCUT2D eigenvalue weighted by Crippen LogP contribution is -2.20. The summed E-state index contributed by atoms with van der Waals surface area (Å²) in [6.07, 6.45) is 2.06. The maximum absolute atomic E-state index is 11.8. The molecule has 0 heterocycles. The molecule has 1 aliphatic rings. The van der Waals surface area contributed by atoms with Gasteiger partial charge in [-0.15, -0.1) is 0 Å². The van der Waals surface area contributed by atoms with Crippen molar-refractivity contribution in [3.05, 3.63) is 35.4 Å². The molecule has 0 fully saturated rings. The number of ketones is 1. The van der Waals surface area contributed by atoms with Crippen molar-refractivity contribution in [3.8, 4) is 0 Å². The minimum Gasteiger partial charge on any atom is -0.481 e. The average molecular weight is 218 g/mol. The van der Waals surface area contributed by atoms with Crippen molar-refractivity contribution < 1.29 is 14.7 Å². The lowest BCUT2D eigenvalue weighted by atomic mass is 9.81. The second-order valence-electron chi connectivity index (χ2n) is 4.29. The lowest BCUT2D eigenvalue weighted by molar-refractivity contribution is -0.137. The average Bonchev–Trinajstić information content (AvgIpc) is 2.26. The summed E-state index contributed by atoms with van der Waals surface area (Å²) in [5, 5.41) is 8.62. The largest absolute Gasteiger partial charge is 0.481 e. The molecular formula is C13H14O3. The second kappa shape index (κ2) is 4.47. The van der Waals surface area contributed by atoms with Crippen LogP contribution in [0.15, 0.2) is 24.3 Å². The van der Waals surface area contributed by atoms with Crippen LogP contribution in [-0.4, -0.2) is 16.9 Å². The number of benzene rings is 1. The van der Waals surface area contributed by atoms with E-state index < -0.39 is 5.97 Å². The van der Waals surface area contributed by atoms with Crippen LogP contribution in [0.1, 0.15) is 35.2 Å². The summed E-state index contributed by atoms with van der Waals surface area (Å²) in [5.74, 6) is -0.443. The maximum atomic E-state index is 11.8. The summed E-state index contributed by atoms with van der Waals surface area (Å²) in [5.41, 5.74) is 1.88. The highest BCUT2D eigenvalue weighted by Crippen LogP contribution is 2.28. The third-order valence-electron chi connectivity index (χ3n) is 3.07. The van der Waals surface area contributed by atoms with Gasteiger partial charge in [-0.05, 0) is 24.3 Å². The van der Waals surface area contributed by atoms with Crippen molar-refractivity contribution in [2.24, 2.45) is 5.92 Å². The zero-order valence-corrected chi connectivity index (χ0v) is 8.98. The third kappa shape index (κ3) is 2.30. The Hall–Kier alpha value is -1.64. The standard InChI is InChI=1S/C13H14O3/c14-12-8-9(5-6-13(15)16)7-10-3-1-2-4-11(10)12/h1-4,9H,5-8H2,(H,15,16). The molecule has 1 aromatic rings. The Morgan fingerprint density at radius 3 is 2.81 bits per heavy atom. The highest BCUT2D eigenvalue weighted by atomic mass is 16.4. The first-order chi connectivity index (χ1) is 7.66. The molecular weight excluding hydrogens is 204 g/mol. The predicted octanol–water partition coefficient (Wildman–Crippen LogP) is 2.30. The molecule has 1 atom stereocenters. The Balaban J connectivity index is 2.09. The molecule has 0 radical (unpaired) electrons. The van der Waals surface area contributed by atoms with Gasteiger partial charge in [0.2, 0.25) is 0 Å². The van der Waals surface area contributed by atoms with Gasteiger partial charge in [0.15, 0.2) is 5.78 Å². The van der Waals surface area contributed by atoms with Crippen molar-refractivity contribution in [3.63, 3.8) is 0 Å². The minimum atomic E-state index is -0.786. The number of Topliss-reactive ketones (excluding diaryl/α,β-unsaturated/α-hetero) is 1. The van der Waals surface area contributed by atoms with Gasteiger partial charge in [-0.1, -0.05) is 24.3 Å². The van der Waals surface area contributed by atoms with Crippen LogP contribution in [0.4, 0.5) is 0 Å². The summed E-state index contributed by atoms with van der Waals surface area (Å²) < 4.78 is 0. The Bertz CT molecular complexity index is 423. The molecule has 0 saturated heterocycles. The molecule has 1 aromatic carbocycles. The topological polar surface area (TPSA) is 54.4 Å². The first-order valence-electron chi connectivity index (χ1n) is 5.49. The number of aliphatic carboxylic acids is 1. The van der Waals surface area contributed by atoms with Crippen LogP contribution >= 0.6 is 0 Å². The number of hydrogen-bond acceptors (Lipinski definition) is 2. The fourth-order valence-corrected chi connectivity index (χ4v) is 2.26. The summed E-state index contributed by atoms with van der Waals surface area (Å²) in [7, 11) is 0. The number of carboxylic acids is 1. The SMILES string of the molecule is O=C(O)CCC1CC(=O)c2ccccc2C1. The molecule has 0 saturated carbocycles. The minimum absolute atomic E-state index is 0.150. The molecule has 84 valence electrons. The number of carbonyl (C=O) groups is 2. The molecule has 0 aliphatic heterocycles. The van der Waals surface area contributed by atoms with Crippen LogP contribution in [0.2, 0.25) is 0 Å². The summed E-state index contributed by atoms with van der Waals surface area (Å²) in [6.45, 7) is 0. The maximum Gasteiger partial charge on any atom is 0.303 e. The molecule has 1 unspecified atom stereocenters. The molecule has 2 rings (SSSR count). The third-order valence-corrected chi connectivity index (χ3v) is 3.07. The molecule has 3 heteroatoms. The normalized spacial score (nSPS) is 19.2. The molecule has 1 aliphatic carbocycles. The van der Waals surface area contributed by atoms with Gasteiger partial charge in [-0.2, -0.15) is 0 Å². The highest BCUT2D eigenvalue weighted by molar-refractivity contribution is 5.98. The Morgan fingerprint density at radius 2 is 2.06 bits per heavy atom. The van der Waals surface area contributed by atoms with Gasteiger partial charge in [-0.3, -0.25) is 9.59 Å². The number of rotatable bonds is 3. The zero-order chi connectivity index (χ0) is 11.5. The van der Waals surface area contributed by atoms with E-state index in [4.69, 9.17) is 5.11 Å². The number of carbonyl (C=O) groups excluding carboxylic acids is 1. The van der Waals surface area contributed by atoms with E-state index in [1.54, 1.807) is 0 Å². The summed E-state index contributed by atoms with van der Waals surface area (Å²) in [6, 6.07) is 7.60. The van der Waals surface area contributed by atoms with Crippen LogP contribution < -0.4 is 0 Å². The quantitative estimate of drug-likeness (QED) is 0.846. The molecule has 0 amide bonds. The Labute approximate surface area is 94.1 Å². The van der Waals surface area contributed by atoms with E-state index in [1.807, 2.05) is 24.3 Å². The van der Waals surface area contributed by atoms with Crippen LogP contribution in [0, 0.1) is 5.92 Å². The molecule has 16 heavy (non-hydrogen) atoms. The smallest absolute Gasteiger partial charge is 0.303 e. The van der Waals surface area contributed by atoms with E-state index in [0.717, 1.165) is 17.5 Å². The van der Waals surface area contributed by atoms with Crippen molar-refractivity contribution in [1.29, 1.82) is 0 Å². The fraction of sp³-hybridized carbons (Fsp3) is 0.385. The van der Waals surface area contributed by atoms with Crippen molar-refractivity contribution in [2.45, 2.75) is 25.7 Å². The van der Waals surface area contributed by atoms with Gasteiger partial charge >= 0.3 is 5.97 Å². The first kappa shape index (κ1) is 10.9. The van der Waals surface area contributed by atoms with E-state index in [-0.39, 0.29) is 18.1 Å². The predicted molar refractivity (Wildman–Crippen MR) is 59.5 cm³/mol. The lowest BCUT2D eigenvalue weighted by Gasteiger charge is -2.22.